The summed E-state index contributed by atoms with van der Waals surface area (Å²) in [5.74, 6) is 2.45. The minimum Gasteiger partial charge on any atom is -0.481 e. The molecule has 4 bridgehead atoms. The average molecular weight is 166 g/mol. The van der Waals surface area contributed by atoms with Crippen molar-refractivity contribution in [1.29, 1.82) is 0 Å². The topological polar surface area (TPSA) is 37.3 Å². The van der Waals surface area contributed by atoms with Crippen molar-refractivity contribution in [3.8, 4) is 0 Å². The van der Waals surface area contributed by atoms with E-state index < -0.39 is 5.97 Å². The summed E-state index contributed by atoms with van der Waals surface area (Å²) < 4.78 is 0. The molecule has 0 amide bonds. The molecule has 0 spiro atoms. The van der Waals surface area contributed by atoms with Crippen molar-refractivity contribution in [2.75, 3.05) is 0 Å². The zero-order chi connectivity index (χ0) is 8.29. The summed E-state index contributed by atoms with van der Waals surface area (Å²) in [5, 5.41) is 9.00. The molecule has 0 aliphatic heterocycles. The van der Waals surface area contributed by atoms with E-state index in [1.54, 1.807) is 0 Å². The third kappa shape index (κ3) is 0.644. The highest BCUT2D eigenvalue weighted by molar-refractivity contribution is 5.71. The van der Waals surface area contributed by atoms with Crippen molar-refractivity contribution in [3.05, 3.63) is 0 Å². The Hall–Kier alpha value is -0.530. The summed E-state index contributed by atoms with van der Waals surface area (Å²) in [4.78, 5) is 10.9. The minimum absolute atomic E-state index is 0.0289. The number of hydrogen-bond acceptors (Lipinski definition) is 1. The third-order valence-corrected chi connectivity index (χ3v) is 4.46. The zero-order valence-corrected chi connectivity index (χ0v) is 7.07. The van der Waals surface area contributed by atoms with Crippen molar-refractivity contribution >= 4 is 5.97 Å². The molecule has 0 aromatic rings. The number of carbonyl (C=O) groups is 1. The van der Waals surface area contributed by atoms with Crippen molar-refractivity contribution in [1.82, 2.24) is 0 Å². The largest absolute Gasteiger partial charge is 0.481 e. The molecule has 5 atom stereocenters. The van der Waals surface area contributed by atoms with Gasteiger partial charge in [0.25, 0.3) is 0 Å². The Bertz CT molecular complexity index is 236. The van der Waals surface area contributed by atoms with Gasteiger partial charge in [0.2, 0.25) is 0 Å². The molecule has 3 fully saturated rings. The lowest BCUT2D eigenvalue weighted by atomic mass is 9.80. The Balaban J connectivity index is 1.92. The number of rotatable bonds is 1. The Labute approximate surface area is 72.0 Å². The summed E-state index contributed by atoms with van der Waals surface area (Å²) >= 11 is 0. The van der Waals surface area contributed by atoms with Gasteiger partial charge in [-0.2, -0.15) is 0 Å². The van der Waals surface area contributed by atoms with Crippen LogP contribution in [0.2, 0.25) is 0 Å². The molecule has 3 rings (SSSR count). The maximum Gasteiger partial charge on any atom is 0.306 e. The van der Waals surface area contributed by atoms with Crippen LogP contribution in [0, 0.1) is 29.6 Å². The van der Waals surface area contributed by atoms with Crippen LogP contribution < -0.4 is 0 Å². The minimum atomic E-state index is -0.529. The molecule has 0 heterocycles. The SMILES string of the molecule is O=C(O)C1CC2CC3CCC2C31. The van der Waals surface area contributed by atoms with E-state index in [4.69, 9.17) is 5.11 Å². The lowest BCUT2D eigenvalue weighted by Crippen LogP contribution is -2.25. The molecule has 0 saturated heterocycles. The van der Waals surface area contributed by atoms with Gasteiger partial charge in [0.1, 0.15) is 0 Å². The van der Waals surface area contributed by atoms with E-state index >= 15 is 0 Å². The fourth-order valence-corrected chi connectivity index (χ4v) is 4.18. The van der Waals surface area contributed by atoms with Crippen LogP contribution in [0.3, 0.4) is 0 Å². The van der Waals surface area contributed by atoms with E-state index in [0.717, 1.165) is 24.2 Å². The van der Waals surface area contributed by atoms with Gasteiger partial charge in [-0.15, -0.1) is 0 Å². The molecule has 0 aromatic carbocycles. The summed E-state index contributed by atoms with van der Waals surface area (Å²) in [6.07, 6.45) is 4.97. The first-order chi connectivity index (χ1) is 5.77. The van der Waals surface area contributed by atoms with E-state index in [-0.39, 0.29) is 5.92 Å². The average Bonchev–Trinajstić information content (AvgIpc) is 2.66. The highest BCUT2D eigenvalue weighted by Gasteiger charge is 2.58. The fraction of sp³-hybridized carbons (Fsp3) is 0.900. The zero-order valence-electron chi connectivity index (χ0n) is 7.07. The molecule has 3 aliphatic rings. The fourth-order valence-electron chi connectivity index (χ4n) is 4.18. The molecule has 2 heteroatoms. The second kappa shape index (κ2) is 2.04. The molecular formula is C10H14O2. The normalized spacial score (nSPS) is 54.8. The lowest BCUT2D eigenvalue weighted by molar-refractivity contribution is -0.144. The van der Waals surface area contributed by atoms with Gasteiger partial charge in [-0.25, -0.2) is 0 Å². The summed E-state index contributed by atoms with van der Waals surface area (Å²) in [5.41, 5.74) is 0. The molecule has 2 nitrogen and oxygen atoms in total. The van der Waals surface area contributed by atoms with Gasteiger partial charge in [-0.05, 0) is 49.4 Å². The van der Waals surface area contributed by atoms with Crippen LogP contribution in [0.4, 0.5) is 0 Å². The van der Waals surface area contributed by atoms with Gasteiger partial charge >= 0.3 is 5.97 Å². The van der Waals surface area contributed by atoms with Gasteiger partial charge in [0.15, 0.2) is 0 Å². The molecule has 3 saturated carbocycles. The van der Waals surface area contributed by atoms with Crippen LogP contribution in [0.25, 0.3) is 0 Å². The molecule has 3 aliphatic carbocycles. The first-order valence-electron chi connectivity index (χ1n) is 5.00. The Kier molecular flexibility index (Phi) is 1.18. The van der Waals surface area contributed by atoms with Crippen LogP contribution in [0.5, 0.6) is 0 Å². The lowest BCUT2D eigenvalue weighted by Gasteiger charge is -2.24. The van der Waals surface area contributed by atoms with E-state index in [1.165, 1.54) is 19.3 Å². The van der Waals surface area contributed by atoms with Crippen molar-refractivity contribution in [2.24, 2.45) is 29.6 Å². The van der Waals surface area contributed by atoms with E-state index in [2.05, 4.69) is 0 Å². The highest BCUT2D eigenvalue weighted by atomic mass is 16.4. The summed E-state index contributed by atoms with van der Waals surface area (Å²) in [7, 11) is 0. The predicted molar refractivity (Wildman–Crippen MR) is 43.6 cm³/mol. The molecule has 12 heavy (non-hydrogen) atoms. The van der Waals surface area contributed by atoms with E-state index in [9.17, 15) is 4.79 Å². The van der Waals surface area contributed by atoms with Crippen molar-refractivity contribution < 1.29 is 9.90 Å². The van der Waals surface area contributed by atoms with Gasteiger partial charge < -0.3 is 5.11 Å². The van der Waals surface area contributed by atoms with E-state index in [0.29, 0.717) is 5.92 Å². The maximum absolute atomic E-state index is 10.9. The summed E-state index contributed by atoms with van der Waals surface area (Å²) in [6.45, 7) is 0. The molecule has 0 aromatic heterocycles. The van der Waals surface area contributed by atoms with Crippen molar-refractivity contribution in [2.45, 2.75) is 25.7 Å². The maximum atomic E-state index is 10.9. The van der Waals surface area contributed by atoms with E-state index in [1.807, 2.05) is 0 Å². The Morgan fingerprint density at radius 2 is 2.00 bits per heavy atom. The van der Waals surface area contributed by atoms with Crippen LogP contribution in [-0.2, 0) is 4.79 Å². The third-order valence-electron chi connectivity index (χ3n) is 4.46. The van der Waals surface area contributed by atoms with Crippen LogP contribution in [-0.4, -0.2) is 11.1 Å². The smallest absolute Gasteiger partial charge is 0.306 e. The molecule has 0 radical (unpaired) electrons. The second-order valence-corrected chi connectivity index (χ2v) is 4.75. The monoisotopic (exact) mass is 166 g/mol. The van der Waals surface area contributed by atoms with Gasteiger partial charge in [-0.1, -0.05) is 0 Å². The number of carboxylic acids is 1. The van der Waals surface area contributed by atoms with Gasteiger partial charge in [0, 0.05) is 0 Å². The second-order valence-electron chi connectivity index (χ2n) is 4.75. The first kappa shape index (κ1) is 6.93. The Morgan fingerprint density at radius 1 is 1.17 bits per heavy atom. The first-order valence-corrected chi connectivity index (χ1v) is 5.00. The van der Waals surface area contributed by atoms with Gasteiger partial charge in [0.05, 0.1) is 5.92 Å². The molecule has 1 N–H and O–H groups in total. The molecule has 5 unspecified atom stereocenters. The van der Waals surface area contributed by atoms with Crippen molar-refractivity contribution in [3.63, 3.8) is 0 Å². The summed E-state index contributed by atoms with van der Waals surface area (Å²) in [6, 6.07) is 0. The van der Waals surface area contributed by atoms with Crippen LogP contribution >= 0.6 is 0 Å². The van der Waals surface area contributed by atoms with Crippen LogP contribution in [0.1, 0.15) is 25.7 Å². The number of aliphatic carboxylic acids is 1. The quantitative estimate of drug-likeness (QED) is 0.644. The molecule has 66 valence electrons. The standard InChI is InChI=1S/C10H14O2/c11-10(12)8-4-6-3-5-1-2-7(6)9(5)8/h5-9H,1-4H2,(H,11,12). The van der Waals surface area contributed by atoms with Gasteiger partial charge in [-0.3, -0.25) is 4.79 Å². The predicted octanol–water partition coefficient (Wildman–Crippen LogP) is 1.75. The highest BCUT2D eigenvalue weighted by Crippen LogP contribution is 2.63. The Morgan fingerprint density at radius 3 is 2.58 bits per heavy atom. The number of carboxylic acid groups (broad SMARTS) is 1. The molecular weight excluding hydrogens is 152 g/mol. The number of hydrogen-bond donors (Lipinski definition) is 1. The van der Waals surface area contributed by atoms with Crippen LogP contribution in [0.15, 0.2) is 0 Å².